The Labute approximate surface area is 146 Å². The maximum absolute atomic E-state index is 12.2. The molecule has 1 aliphatic heterocycles. The number of benzene rings is 1. The second-order valence-electron chi connectivity index (χ2n) is 5.16. The van der Waals surface area contributed by atoms with Crippen molar-refractivity contribution in [2.24, 2.45) is 0 Å². The molecule has 120 valence electrons. The second-order valence-corrected chi connectivity index (χ2v) is 6.03. The van der Waals surface area contributed by atoms with Crippen LogP contribution < -0.4 is 4.90 Å². The third-order valence-electron chi connectivity index (χ3n) is 3.71. The zero-order valence-corrected chi connectivity index (χ0v) is 14.5. The standard InChI is InChI=1S/C17H17N3OS.ClH/c1-14-4-2-3-5-15(14)6-7-16(21)19-9-11-20(12-10-19)17-18-8-13-22-17;/h2-5,8,13H,9-12H2,1H3;1H. The molecule has 0 unspecified atom stereocenters. The van der Waals surface area contributed by atoms with Crippen LogP contribution in [0.15, 0.2) is 35.8 Å². The van der Waals surface area contributed by atoms with Crippen LogP contribution in [0.1, 0.15) is 11.1 Å². The highest BCUT2D eigenvalue weighted by Gasteiger charge is 2.21. The van der Waals surface area contributed by atoms with Gasteiger partial charge in [0.1, 0.15) is 0 Å². The Morgan fingerprint density at radius 1 is 1.22 bits per heavy atom. The molecule has 1 aromatic heterocycles. The molecule has 1 fully saturated rings. The highest BCUT2D eigenvalue weighted by atomic mass is 35.5. The minimum Gasteiger partial charge on any atom is -0.345 e. The molecule has 0 saturated carbocycles. The predicted molar refractivity (Wildman–Crippen MR) is 96.2 cm³/mol. The van der Waals surface area contributed by atoms with Gasteiger partial charge in [0.25, 0.3) is 5.91 Å². The van der Waals surface area contributed by atoms with E-state index in [1.807, 2.05) is 47.7 Å². The summed E-state index contributed by atoms with van der Waals surface area (Å²) < 4.78 is 0. The summed E-state index contributed by atoms with van der Waals surface area (Å²) in [5.74, 6) is 5.65. The van der Waals surface area contributed by atoms with Crippen LogP contribution in [-0.4, -0.2) is 42.0 Å². The van der Waals surface area contributed by atoms with E-state index in [9.17, 15) is 4.79 Å². The molecule has 4 nitrogen and oxygen atoms in total. The first-order valence-corrected chi connectivity index (χ1v) is 8.13. The number of carbonyl (C=O) groups excluding carboxylic acids is 1. The summed E-state index contributed by atoms with van der Waals surface area (Å²) in [5.41, 5.74) is 2.01. The lowest BCUT2D eigenvalue weighted by molar-refractivity contribution is -0.125. The fourth-order valence-corrected chi connectivity index (χ4v) is 3.08. The summed E-state index contributed by atoms with van der Waals surface area (Å²) in [5, 5.41) is 3.00. The van der Waals surface area contributed by atoms with Gasteiger partial charge in [-0.05, 0) is 18.6 Å². The summed E-state index contributed by atoms with van der Waals surface area (Å²) in [6.45, 7) is 5.01. The Morgan fingerprint density at radius 2 is 1.96 bits per heavy atom. The minimum atomic E-state index is -0.0953. The van der Waals surface area contributed by atoms with Gasteiger partial charge in [-0.15, -0.1) is 23.7 Å². The molecule has 0 bridgehead atoms. The van der Waals surface area contributed by atoms with Crippen LogP contribution >= 0.6 is 23.7 Å². The molecule has 0 aliphatic carbocycles. The van der Waals surface area contributed by atoms with E-state index >= 15 is 0 Å². The molecule has 1 aliphatic rings. The Bertz CT molecular complexity index is 713. The zero-order chi connectivity index (χ0) is 15.4. The lowest BCUT2D eigenvalue weighted by Gasteiger charge is -2.33. The number of aryl methyl sites for hydroxylation is 1. The number of carbonyl (C=O) groups is 1. The fraction of sp³-hybridized carbons (Fsp3) is 0.294. The van der Waals surface area contributed by atoms with E-state index in [-0.39, 0.29) is 18.3 Å². The SMILES string of the molecule is Cc1ccccc1C#CC(=O)N1CCN(c2nccs2)CC1.Cl. The van der Waals surface area contributed by atoms with Gasteiger partial charge in [-0.2, -0.15) is 0 Å². The molecule has 2 aromatic rings. The molecule has 3 rings (SSSR count). The van der Waals surface area contributed by atoms with E-state index in [0.717, 1.165) is 29.3 Å². The van der Waals surface area contributed by atoms with Crippen LogP contribution in [0.25, 0.3) is 0 Å². The van der Waals surface area contributed by atoms with Crippen molar-refractivity contribution in [3.05, 3.63) is 47.0 Å². The second kappa shape index (κ2) is 8.00. The first-order chi connectivity index (χ1) is 10.7. The minimum absolute atomic E-state index is 0. The van der Waals surface area contributed by atoms with E-state index in [0.29, 0.717) is 13.1 Å². The quantitative estimate of drug-likeness (QED) is 0.744. The summed E-state index contributed by atoms with van der Waals surface area (Å²) in [6, 6.07) is 7.85. The largest absolute Gasteiger partial charge is 0.345 e. The summed E-state index contributed by atoms with van der Waals surface area (Å²) in [4.78, 5) is 20.5. The summed E-state index contributed by atoms with van der Waals surface area (Å²) in [6.07, 6.45) is 1.81. The van der Waals surface area contributed by atoms with Gasteiger partial charge in [0.05, 0.1) is 0 Å². The normalized spacial score (nSPS) is 13.8. The topological polar surface area (TPSA) is 36.4 Å². The van der Waals surface area contributed by atoms with Crippen LogP contribution in [-0.2, 0) is 4.79 Å². The lowest BCUT2D eigenvalue weighted by atomic mass is 10.1. The number of rotatable bonds is 1. The third kappa shape index (κ3) is 4.25. The van der Waals surface area contributed by atoms with Crippen molar-refractivity contribution >= 4 is 34.8 Å². The Morgan fingerprint density at radius 3 is 2.61 bits per heavy atom. The third-order valence-corrected chi connectivity index (χ3v) is 4.54. The van der Waals surface area contributed by atoms with Crippen molar-refractivity contribution in [2.45, 2.75) is 6.92 Å². The predicted octanol–water partition coefficient (Wildman–Crippen LogP) is 2.57. The zero-order valence-electron chi connectivity index (χ0n) is 12.9. The Kier molecular flexibility index (Phi) is 6.03. The van der Waals surface area contributed by atoms with Crippen LogP contribution in [0.3, 0.4) is 0 Å². The van der Waals surface area contributed by atoms with Gasteiger partial charge >= 0.3 is 0 Å². The molecule has 23 heavy (non-hydrogen) atoms. The van der Waals surface area contributed by atoms with Crippen LogP contribution in [0.5, 0.6) is 0 Å². The molecule has 2 heterocycles. The van der Waals surface area contributed by atoms with E-state index in [4.69, 9.17) is 0 Å². The van der Waals surface area contributed by atoms with Gasteiger partial charge < -0.3 is 9.80 Å². The highest BCUT2D eigenvalue weighted by molar-refractivity contribution is 7.13. The molecule has 1 aromatic carbocycles. The van der Waals surface area contributed by atoms with Crippen LogP contribution in [0.2, 0.25) is 0 Å². The first kappa shape index (κ1) is 17.3. The van der Waals surface area contributed by atoms with Crippen molar-refractivity contribution in [3.63, 3.8) is 0 Å². The number of hydrogen-bond acceptors (Lipinski definition) is 4. The smallest absolute Gasteiger partial charge is 0.298 e. The van der Waals surface area contributed by atoms with Crippen molar-refractivity contribution in [3.8, 4) is 11.8 Å². The average Bonchev–Trinajstić information content (AvgIpc) is 3.08. The molecule has 6 heteroatoms. The molecule has 0 N–H and O–H groups in total. The van der Waals surface area contributed by atoms with Crippen molar-refractivity contribution in [1.29, 1.82) is 0 Å². The number of piperazine rings is 1. The van der Waals surface area contributed by atoms with Crippen molar-refractivity contribution in [1.82, 2.24) is 9.88 Å². The lowest BCUT2D eigenvalue weighted by Crippen LogP contribution is -2.48. The number of halogens is 1. The number of aromatic nitrogens is 1. The molecule has 0 radical (unpaired) electrons. The number of anilines is 1. The van der Waals surface area contributed by atoms with Crippen molar-refractivity contribution < 1.29 is 4.79 Å². The Balaban J connectivity index is 0.00000192. The summed E-state index contributed by atoms with van der Waals surface area (Å²) >= 11 is 1.63. The van der Waals surface area contributed by atoms with E-state index in [2.05, 4.69) is 21.7 Å². The van der Waals surface area contributed by atoms with E-state index in [1.54, 1.807) is 11.3 Å². The van der Waals surface area contributed by atoms with Crippen LogP contribution in [0, 0.1) is 18.8 Å². The van der Waals surface area contributed by atoms with Gasteiger partial charge in [0.2, 0.25) is 0 Å². The number of hydrogen-bond donors (Lipinski definition) is 0. The molecular formula is C17H18ClN3OS. The Hall–Kier alpha value is -2.03. The maximum Gasteiger partial charge on any atom is 0.298 e. The monoisotopic (exact) mass is 347 g/mol. The van der Waals surface area contributed by atoms with Gasteiger partial charge in [-0.3, -0.25) is 4.79 Å². The average molecular weight is 348 g/mol. The highest BCUT2D eigenvalue weighted by Crippen LogP contribution is 2.18. The van der Waals surface area contributed by atoms with E-state index < -0.39 is 0 Å². The van der Waals surface area contributed by atoms with Crippen LogP contribution in [0.4, 0.5) is 5.13 Å². The molecule has 0 atom stereocenters. The molecule has 1 saturated heterocycles. The first-order valence-electron chi connectivity index (χ1n) is 7.25. The number of thiazole rings is 1. The van der Waals surface area contributed by atoms with Gasteiger partial charge in [0, 0.05) is 49.2 Å². The number of amides is 1. The molecule has 0 spiro atoms. The van der Waals surface area contributed by atoms with Gasteiger partial charge in [-0.1, -0.05) is 24.1 Å². The number of nitrogens with zero attached hydrogens (tertiary/aromatic N) is 3. The van der Waals surface area contributed by atoms with E-state index in [1.165, 1.54) is 0 Å². The van der Waals surface area contributed by atoms with Crippen molar-refractivity contribution in [2.75, 3.05) is 31.1 Å². The summed E-state index contributed by atoms with van der Waals surface area (Å²) in [7, 11) is 0. The fourth-order valence-electron chi connectivity index (χ4n) is 2.39. The van der Waals surface area contributed by atoms with Gasteiger partial charge in [-0.25, -0.2) is 4.98 Å². The molecular weight excluding hydrogens is 330 g/mol. The molecule has 1 amide bonds. The maximum atomic E-state index is 12.2. The van der Waals surface area contributed by atoms with Gasteiger partial charge in [0.15, 0.2) is 5.13 Å².